The second-order valence-corrected chi connectivity index (χ2v) is 7.28. The number of rotatable bonds is 4. The lowest BCUT2D eigenvalue weighted by Gasteiger charge is -2.37. The highest BCUT2D eigenvalue weighted by atomic mass is 16.6. The molecule has 0 bridgehead atoms. The fourth-order valence-corrected chi connectivity index (χ4v) is 2.62. The molecule has 1 saturated heterocycles. The van der Waals surface area contributed by atoms with Gasteiger partial charge in [0, 0.05) is 12.5 Å². The lowest BCUT2D eigenvalue weighted by atomic mass is 9.93. The van der Waals surface area contributed by atoms with E-state index in [2.05, 4.69) is 6.58 Å². The number of carbonyl (C=O) groups excluding carboxylic acids is 1. The van der Waals surface area contributed by atoms with Gasteiger partial charge in [0.2, 0.25) is 0 Å². The van der Waals surface area contributed by atoms with Gasteiger partial charge in [0.25, 0.3) is 0 Å². The molecule has 5 nitrogen and oxygen atoms in total. The summed E-state index contributed by atoms with van der Waals surface area (Å²) in [6, 6.07) is -0.212. The molecule has 1 heterocycles. The van der Waals surface area contributed by atoms with Gasteiger partial charge in [0.1, 0.15) is 11.3 Å². The van der Waals surface area contributed by atoms with Crippen LogP contribution in [-0.4, -0.2) is 46.7 Å². The molecule has 0 saturated carbocycles. The number of amides is 1. The first kappa shape index (κ1) is 18.0. The van der Waals surface area contributed by atoms with Gasteiger partial charge >= 0.3 is 6.09 Å². The standard InChI is InChI=1S/C16H29NO4/c1-11(2)8-12(9-18)13-10-20-16(6,7)17(13)14(19)21-15(3,4)5/h12-13,18H,1,8-10H2,2-7H3/t12-,13+/m1/s1. The summed E-state index contributed by atoms with van der Waals surface area (Å²) in [5.41, 5.74) is -0.332. The maximum atomic E-state index is 12.5. The number of carbonyl (C=O) groups is 1. The quantitative estimate of drug-likeness (QED) is 0.811. The molecular weight excluding hydrogens is 270 g/mol. The normalized spacial score (nSPS) is 23.0. The van der Waals surface area contributed by atoms with Gasteiger partial charge in [-0.25, -0.2) is 4.79 Å². The Labute approximate surface area is 127 Å². The molecule has 0 aromatic carbocycles. The number of aliphatic hydroxyl groups is 1. The largest absolute Gasteiger partial charge is 0.444 e. The van der Waals surface area contributed by atoms with Crippen molar-refractivity contribution >= 4 is 6.09 Å². The maximum Gasteiger partial charge on any atom is 0.412 e. The average Bonchev–Trinajstić information content (AvgIpc) is 2.59. The Hall–Kier alpha value is -1.07. The van der Waals surface area contributed by atoms with Crippen LogP contribution in [0.4, 0.5) is 4.79 Å². The minimum atomic E-state index is -0.741. The van der Waals surface area contributed by atoms with Crippen LogP contribution in [0.25, 0.3) is 0 Å². The van der Waals surface area contributed by atoms with Crippen molar-refractivity contribution in [1.82, 2.24) is 4.90 Å². The molecule has 1 N–H and O–H groups in total. The summed E-state index contributed by atoms with van der Waals surface area (Å²) in [5.74, 6) is -0.100. The molecule has 0 aliphatic carbocycles. The minimum Gasteiger partial charge on any atom is -0.444 e. The van der Waals surface area contributed by atoms with E-state index in [4.69, 9.17) is 9.47 Å². The number of hydrogen-bond acceptors (Lipinski definition) is 4. The predicted molar refractivity (Wildman–Crippen MR) is 81.9 cm³/mol. The Morgan fingerprint density at radius 1 is 1.52 bits per heavy atom. The van der Waals surface area contributed by atoms with Crippen LogP contribution in [0.1, 0.15) is 48.0 Å². The average molecular weight is 299 g/mol. The maximum absolute atomic E-state index is 12.5. The Bertz CT molecular complexity index is 398. The summed E-state index contributed by atoms with van der Waals surface area (Å²) in [6.07, 6.45) is 0.245. The Balaban J connectivity index is 2.97. The fraction of sp³-hybridized carbons (Fsp3) is 0.812. The molecule has 1 fully saturated rings. The molecule has 1 rings (SSSR count). The molecule has 5 heteroatoms. The number of aliphatic hydroxyl groups excluding tert-OH is 1. The van der Waals surface area contributed by atoms with Crippen LogP contribution in [-0.2, 0) is 9.47 Å². The third-order valence-corrected chi connectivity index (χ3v) is 3.50. The van der Waals surface area contributed by atoms with Crippen molar-refractivity contribution in [3.05, 3.63) is 12.2 Å². The first-order valence-electron chi connectivity index (χ1n) is 7.39. The molecule has 1 aliphatic rings. The van der Waals surface area contributed by atoms with Crippen LogP contribution in [0.3, 0.4) is 0 Å². The van der Waals surface area contributed by atoms with Gasteiger partial charge in [-0.2, -0.15) is 0 Å². The molecule has 0 aromatic heterocycles. The van der Waals surface area contributed by atoms with E-state index in [0.717, 1.165) is 5.57 Å². The van der Waals surface area contributed by atoms with Crippen LogP contribution >= 0.6 is 0 Å². The fourth-order valence-electron chi connectivity index (χ4n) is 2.62. The third-order valence-electron chi connectivity index (χ3n) is 3.50. The second-order valence-electron chi connectivity index (χ2n) is 7.28. The van der Waals surface area contributed by atoms with E-state index in [0.29, 0.717) is 13.0 Å². The van der Waals surface area contributed by atoms with E-state index < -0.39 is 17.4 Å². The molecule has 0 unspecified atom stereocenters. The van der Waals surface area contributed by atoms with Gasteiger partial charge < -0.3 is 14.6 Å². The molecule has 21 heavy (non-hydrogen) atoms. The molecular formula is C16H29NO4. The van der Waals surface area contributed by atoms with Crippen LogP contribution in [0.5, 0.6) is 0 Å². The van der Waals surface area contributed by atoms with E-state index >= 15 is 0 Å². The first-order valence-corrected chi connectivity index (χ1v) is 7.39. The number of hydrogen-bond donors (Lipinski definition) is 1. The van der Waals surface area contributed by atoms with Crippen LogP contribution < -0.4 is 0 Å². The van der Waals surface area contributed by atoms with Gasteiger partial charge in [-0.05, 0) is 48.0 Å². The van der Waals surface area contributed by atoms with Crippen molar-refractivity contribution in [2.45, 2.75) is 65.3 Å². The van der Waals surface area contributed by atoms with Crippen LogP contribution in [0.2, 0.25) is 0 Å². The Morgan fingerprint density at radius 2 is 2.10 bits per heavy atom. The topological polar surface area (TPSA) is 59.0 Å². The molecule has 0 radical (unpaired) electrons. The van der Waals surface area contributed by atoms with Crippen LogP contribution in [0, 0.1) is 5.92 Å². The SMILES string of the molecule is C=C(C)C[C@H](CO)[C@@H]1COC(C)(C)N1C(=O)OC(C)(C)C. The van der Waals surface area contributed by atoms with Crippen molar-refractivity contribution in [2.75, 3.05) is 13.2 Å². The van der Waals surface area contributed by atoms with Crippen molar-refractivity contribution in [1.29, 1.82) is 0 Å². The molecule has 0 spiro atoms. The van der Waals surface area contributed by atoms with Gasteiger partial charge in [-0.3, -0.25) is 4.90 Å². The van der Waals surface area contributed by atoms with E-state index in [-0.39, 0.29) is 18.6 Å². The minimum absolute atomic E-state index is 0.0176. The van der Waals surface area contributed by atoms with E-state index in [1.54, 1.807) is 4.90 Å². The lowest BCUT2D eigenvalue weighted by Crippen LogP contribution is -2.52. The summed E-state index contributed by atoms with van der Waals surface area (Å²) < 4.78 is 11.2. The highest BCUT2D eigenvalue weighted by Gasteiger charge is 2.48. The van der Waals surface area contributed by atoms with E-state index in [1.165, 1.54) is 0 Å². The van der Waals surface area contributed by atoms with Gasteiger partial charge in [-0.1, -0.05) is 5.57 Å². The van der Waals surface area contributed by atoms with Crippen LogP contribution in [0.15, 0.2) is 12.2 Å². The van der Waals surface area contributed by atoms with Crippen molar-refractivity contribution in [2.24, 2.45) is 5.92 Å². The zero-order valence-corrected chi connectivity index (χ0v) is 14.1. The van der Waals surface area contributed by atoms with Crippen molar-refractivity contribution in [3.63, 3.8) is 0 Å². The van der Waals surface area contributed by atoms with Gasteiger partial charge in [-0.15, -0.1) is 6.58 Å². The highest BCUT2D eigenvalue weighted by Crippen LogP contribution is 2.34. The third kappa shape index (κ3) is 4.71. The monoisotopic (exact) mass is 299 g/mol. The van der Waals surface area contributed by atoms with Gasteiger partial charge in [0.05, 0.1) is 12.6 Å². The number of ether oxygens (including phenoxy) is 2. The molecule has 0 aromatic rings. The van der Waals surface area contributed by atoms with E-state index in [1.807, 2.05) is 41.5 Å². The molecule has 1 aliphatic heterocycles. The summed E-state index contributed by atoms with van der Waals surface area (Å²) in [5, 5.41) is 9.66. The summed E-state index contributed by atoms with van der Waals surface area (Å²) in [4.78, 5) is 14.1. The van der Waals surface area contributed by atoms with Gasteiger partial charge in [0.15, 0.2) is 0 Å². The summed E-state index contributed by atoms with van der Waals surface area (Å²) in [6.45, 7) is 15.4. The first-order chi connectivity index (χ1) is 9.48. The Morgan fingerprint density at radius 3 is 2.52 bits per heavy atom. The lowest BCUT2D eigenvalue weighted by molar-refractivity contribution is -0.0652. The Kier molecular flexibility index (Phi) is 5.45. The number of allylic oxidation sites excluding steroid dienone is 1. The highest BCUT2D eigenvalue weighted by molar-refractivity contribution is 5.69. The van der Waals surface area contributed by atoms with E-state index in [9.17, 15) is 9.90 Å². The second kappa shape index (κ2) is 6.36. The predicted octanol–water partition coefficient (Wildman–Crippen LogP) is 2.93. The summed E-state index contributed by atoms with van der Waals surface area (Å²) >= 11 is 0. The molecule has 1 amide bonds. The van der Waals surface area contributed by atoms with Crippen molar-refractivity contribution in [3.8, 4) is 0 Å². The molecule has 2 atom stereocenters. The number of nitrogens with zero attached hydrogens (tertiary/aromatic N) is 1. The zero-order valence-electron chi connectivity index (χ0n) is 14.1. The zero-order chi connectivity index (χ0) is 16.4. The van der Waals surface area contributed by atoms with Crippen molar-refractivity contribution < 1.29 is 19.4 Å². The smallest absolute Gasteiger partial charge is 0.412 e. The summed E-state index contributed by atoms with van der Waals surface area (Å²) in [7, 11) is 0. The molecule has 122 valence electrons.